The zero-order valence-corrected chi connectivity index (χ0v) is 20.3. The lowest BCUT2D eigenvalue weighted by Crippen LogP contribution is -2.37. The van der Waals surface area contributed by atoms with Crippen LogP contribution in [0.15, 0.2) is 60.7 Å². The van der Waals surface area contributed by atoms with E-state index < -0.39 is 6.04 Å². The first-order valence-electron chi connectivity index (χ1n) is 10.6. The molecule has 5 rings (SSSR count). The summed E-state index contributed by atoms with van der Waals surface area (Å²) in [7, 11) is 0. The maximum atomic E-state index is 12.2. The van der Waals surface area contributed by atoms with Crippen LogP contribution >= 0.6 is 22.7 Å². The van der Waals surface area contributed by atoms with E-state index in [1.807, 2.05) is 24.3 Å². The minimum atomic E-state index is -0.707. The number of nitriles is 2. The first kappa shape index (κ1) is 24.6. The first-order chi connectivity index (χ1) is 17.3. The van der Waals surface area contributed by atoms with Gasteiger partial charge in [-0.3, -0.25) is 4.79 Å². The van der Waals surface area contributed by atoms with Gasteiger partial charge in [0.25, 0.3) is 0 Å². The molecule has 0 aliphatic heterocycles. The summed E-state index contributed by atoms with van der Waals surface area (Å²) in [5, 5.41) is 30.4. The number of benzene rings is 3. The summed E-state index contributed by atoms with van der Waals surface area (Å²) in [5.74, 6) is -0.126. The number of phenolic OH excluding ortho intramolecular Hbond substituents is 1. The Morgan fingerprint density at radius 2 is 1.53 bits per heavy atom. The molecule has 9 nitrogen and oxygen atoms in total. The number of rotatable bonds is 4. The lowest BCUT2D eigenvalue weighted by Gasteiger charge is -2.12. The van der Waals surface area contributed by atoms with Gasteiger partial charge in [-0.05, 0) is 60.5 Å². The smallest absolute Gasteiger partial charge is 0.241 e. The number of aromatic hydroxyl groups is 1. The Kier molecular flexibility index (Phi) is 7.37. The second-order valence-corrected chi connectivity index (χ2v) is 9.70. The Morgan fingerprint density at radius 1 is 0.944 bits per heavy atom. The van der Waals surface area contributed by atoms with Crippen LogP contribution in [-0.2, 0) is 11.2 Å². The zero-order valence-electron chi connectivity index (χ0n) is 18.7. The molecule has 0 bridgehead atoms. The minimum Gasteiger partial charge on any atom is -0.508 e. The lowest BCUT2D eigenvalue weighted by molar-refractivity contribution is -0.117. The van der Waals surface area contributed by atoms with Crippen LogP contribution in [0.25, 0.3) is 20.4 Å². The van der Waals surface area contributed by atoms with E-state index in [0.717, 1.165) is 26.0 Å². The fraction of sp³-hybridized carbons (Fsp3) is 0.0800. The van der Waals surface area contributed by atoms with Gasteiger partial charge in [0.05, 0.1) is 26.5 Å². The quantitative estimate of drug-likeness (QED) is 0.259. The molecule has 0 aliphatic rings. The molecule has 0 fully saturated rings. The van der Waals surface area contributed by atoms with Gasteiger partial charge in [0.2, 0.25) is 5.91 Å². The molecule has 6 N–H and O–H groups in total. The predicted octanol–water partition coefficient (Wildman–Crippen LogP) is 4.13. The van der Waals surface area contributed by atoms with Crippen LogP contribution in [0.4, 0.5) is 11.4 Å². The van der Waals surface area contributed by atoms with Crippen molar-refractivity contribution in [1.82, 2.24) is 9.97 Å². The van der Waals surface area contributed by atoms with Crippen molar-refractivity contribution in [2.45, 2.75) is 12.5 Å². The molecule has 5 aromatic rings. The molecule has 1 atom stereocenters. The summed E-state index contributed by atoms with van der Waals surface area (Å²) >= 11 is 2.63. The third-order valence-electron chi connectivity index (χ3n) is 4.99. The van der Waals surface area contributed by atoms with Gasteiger partial charge in [0, 0.05) is 11.4 Å². The Balaban J connectivity index is 0.000000211. The van der Waals surface area contributed by atoms with E-state index >= 15 is 0 Å². The molecular formula is C25H19N7O2S2. The molecule has 0 spiro atoms. The van der Waals surface area contributed by atoms with Crippen molar-refractivity contribution in [3.05, 3.63) is 76.2 Å². The molecule has 36 heavy (non-hydrogen) atoms. The van der Waals surface area contributed by atoms with Crippen LogP contribution in [0.5, 0.6) is 5.75 Å². The molecule has 0 saturated heterocycles. The Morgan fingerprint density at radius 3 is 2.14 bits per heavy atom. The van der Waals surface area contributed by atoms with E-state index in [0.29, 0.717) is 27.8 Å². The van der Waals surface area contributed by atoms with Crippen LogP contribution in [0, 0.1) is 22.7 Å². The van der Waals surface area contributed by atoms with Crippen molar-refractivity contribution >= 4 is 60.4 Å². The monoisotopic (exact) mass is 513 g/mol. The van der Waals surface area contributed by atoms with E-state index in [1.165, 1.54) is 22.7 Å². The van der Waals surface area contributed by atoms with Gasteiger partial charge in [0.1, 0.15) is 17.9 Å². The number of hydrogen-bond donors (Lipinski definition) is 4. The summed E-state index contributed by atoms with van der Waals surface area (Å²) in [5.41, 5.74) is 15.3. The maximum absolute atomic E-state index is 12.2. The highest BCUT2D eigenvalue weighted by Crippen LogP contribution is 2.25. The fourth-order valence-electron chi connectivity index (χ4n) is 3.25. The van der Waals surface area contributed by atoms with Gasteiger partial charge in [-0.25, -0.2) is 9.97 Å². The van der Waals surface area contributed by atoms with Gasteiger partial charge in [-0.2, -0.15) is 10.5 Å². The van der Waals surface area contributed by atoms with Crippen LogP contribution < -0.4 is 16.8 Å². The van der Waals surface area contributed by atoms with E-state index in [9.17, 15) is 9.90 Å². The largest absolute Gasteiger partial charge is 0.508 e. The van der Waals surface area contributed by atoms with Crippen LogP contribution in [0.2, 0.25) is 0 Å². The number of nitrogen functional groups attached to an aromatic ring is 1. The van der Waals surface area contributed by atoms with Crippen LogP contribution in [-0.4, -0.2) is 27.0 Å². The average Bonchev–Trinajstić information content (AvgIpc) is 3.48. The SMILES string of the molecule is N#Cc1nc2ccc(N)cc2s1.N#Cc1nc2ccc(NC(=O)C(N)Cc3ccc(O)cc3)cc2s1. The fourth-order valence-corrected chi connectivity index (χ4v) is 4.87. The van der Waals surface area contributed by atoms with Gasteiger partial charge < -0.3 is 21.9 Å². The van der Waals surface area contributed by atoms with E-state index in [-0.39, 0.29) is 11.7 Å². The van der Waals surface area contributed by atoms with Gasteiger partial charge in [-0.15, -0.1) is 22.7 Å². The zero-order chi connectivity index (χ0) is 25.7. The molecule has 11 heteroatoms. The Labute approximate surface area is 213 Å². The number of thiazole rings is 2. The Hall–Kier alpha value is -4.55. The molecule has 0 radical (unpaired) electrons. The van der Waals surface area contributed by atoms with Crippen molar-refractivity contribution in [3.8, 4) is 17.9 Å². The van der Waals surface area contributed by atoms with Gasteiger partial charge >= 0.3 is 0 Å². The summed E-state index contributed by atoms with van der Waals surface area (Å²) in [6.45, 7) is 0. The Bertz CT molecular complexity index is 1630. The van der Waals surface area contributed by atoms with E-state index in [4.69, 9.17) is 22.0 Å². The number of amides is 1. The van der Waals surface area contributed by atoms with E-state index in [2.05, 4.69) is 15.3 Å². The number of aromatic nitrogens is 2. The molecule has 2 aromatic heterocycles. The molecule has 1 unspecified atom stereocenters. The molecule has 1 amide bonds. The third kappa shape index (κ3) is 5.92. The van der Waals surface area contributed by atoms with Crippen LogP contribution in [0.1, 0.15) is 15.6 Å². The molecule has 3 aromatic carbocycles. The average molecular weight is 514 g/mol. The number of anilines is 2. The minimum absolute atomic E-state index is 0.173. The number of carbonyl (C=O) groups is 1. The van der Waals surface area contributed by atoms with Crippen molar-refractivity contribution in [2.24, 2.45) is 5.73 Å². The highest BCUT2D eigenvalue weighted by Gasteiger charge is 2.15. The molecule has 0 aliphatic carbocycles. The number of phenols is 1. The molecule has 2 heterocycles. The number of nitrogens with zero attached hydrogens (tertiary/aromatic N) is 4. The number of nitrogens with one attached hydrogen (secondary N) is 1. The second kappa shape index (κ2) is 10.8. The predicted molar refractivity (Wildman–Crippen MR) is 141 cm³/mol. The summed E-state index contributed by atoms with van der Waals surface area (Å²) in [6, 6.07) is 20.6. The maximum Gasteiger partial charge on any atom is 0.241 e. The molecule has 178 valence electrons. The van der Waals surface area contributed by atoms with Gasteiger partial charge in [0.15, 0.2) is 10.0 Å². The second-order valence-electron chi connectivity index (χ2n) is 7.64. The summed E-state index contributed by atoms with van der Waals surface area (Å²) in [4.78, 5) is 20.5. The normalized spacial score (nSPS) is 11.2. The van der Waals surface area contributed by atoms with E-state index in [1.54, 1.807) is 48.5 Å². The van der Waals surface area contributed by atoms with Crippen molar-refractivity contribution in [1.29, 1.82) is 10.5 Å². The summed E-state index contributed by atoms with van der Waals surface area (Å²) in [6.07, 6.45) is 0.369. The molecule has 0 saturated carbocycles. The number of carbonyl (C=O) groups excluding carboxylic acids is 1. The lowest BCUT2D eigenvalue weighted by atomic mass is 10.1. The number of fused-ring (bicyclic) bond motifs is 2. The highest BCUT2D eigenvalue weighted by molar-refractivity contribution is 7.19. The number of nitrogens with two attached hydrogens (primary N) is 2. The van der Waals surface area contributed by atoms with Crippen LogP contribution in [0.3, 0.4) is 0 Å². The topological polar surface area (TPSA) is 175 Å². The standard InChI is InChI=1S/C17H14N4O2S.C8H5N3S/c18-9-16-21-14-6-3-11(8-15(14)24-16)20-17(23)13(19)7-10-1-4-12(22)5-2-10;9-4-8-11-6-2-1-5(10)3-7(6)12-8/h1-6,8,13,22H,7,19H2,(H,20,23);1-3H,10H2. The third-order valence-corrected chi connectivity index (χ3v) is 6.83. The first-order valence-corrected chi connectivity index (χ1v) is 12.2. The molecular weight excluding hydrogens is 494 g/mol. The summed E-state index contributed by atoms with van der Waals surface area (Å²) < 4.78 is 1.79. The van der Waals surface area contributed by atoms with Gasteiger partial charge in [-0.1, -0.05) is 12.1 Å². The number of hydrogen-bond acceptors (Lipinski definition) is 10. The van der Waals surface area contributed by atoms with Crippen molar-refractivity contribution < 1.29 is 9.90 Å². The van der Waals surface area contributed by atoms with Crippen molar-refractivity contribution in [3.63, 3.8) is 0 Å². The van der Waals surface area contributed by atoms with Crippen molar-refractivity contribution in [2.75, 3.05) is 11.1 Å². The highest BCUT2D eigenvalue weighted by atomic mass is 32.1.